The van der Waals surface area contributed by atoms with Gasteiger partial charge in [0.1, 0.15) is 0 Å². The van der Waals surface area contributed by atoms with Gasteiger partial charge in [-0.1, -0.05) is 29.2 Å². The van der Waals surface area contributed by atoms with Crippen LogP contribution in [0.15, 0.2) is 46.9 Å². The zero-order valence-corrected chi connectivity index (χ0v) is 16.0. The summed E-state index contributed by atoms with van der Waals surface area (Å²) in [6.45, 7) is 1.02. The summed E-state index contributed by atoms with van der Waals surface area (Å²) < 4.78 is 0. The molecule has 0 radical (unpaired) electrons. The number of fused-ring (bicyclic) bond motifs is 2. The standard InChI is InChI=1S/C20H21ClN2O2S/c21-15-8-6-14(7-9-15)20(24)25-22-16-11-17-3-1-4-18(12-16)23(17)13-19-5-2-10-26-19/h2,5-10,17-18H,1,3-4,11-13H2/t17-,18+. The fourth-order valence-corrected chi connectivity index (χ4v) is 4.78. The van der Waals surface area contributed by atoms with Crippen molar-refractivity contribution in [3.8, 4) is 0 Å². The quantitative estimate of drug-likeness (QED) is 0.538. The highest BCUT2D eigenvalue weighted by atomic mass is 35.5. The second-order valence-electron chi connectivity index (χ2n) is 6.94. The molecule has 1 aromatic carbocycles. The number of carbonyl (C=O) groups excluding carboxylic acids is 1. The number of nitrogens with zero attached hydrogens (tertiary/aromatic N) is 2. The summed E-state index contributed by atoms with van der Waals surface area (Å²) >= 11 is 7.67. The SMILES string of the molecule is O=C(ON=C1C[C@H]2CCC[C@@H](C1)N2Cc1cccs1)c1ccc(Cl)cc1. The van der Waals surface area contributed by atoms with Gasteiger partial charge in [-0.3, -0.25) is 4.90 Å². The lowest BCUT2D eigenvalue weighted by Crippen LogP contribution is -2.51. The van der Waals surface area contributed by atoms with Gasteiger partial charge < -0.3 is 4.84 Å². The van der Waals surface area contributed by atoms with Gasteiger partial charge >= 0.3 is 5.97 Å². The second-order valence-corrected chi connectivity index (χ2v) is 8.41. The van der Waals surface area contributed by atoms with Crippen LogP contribution in [0.1, 0.15) is 47.3 Å². The van der Waals surface area contributed by atoms with Crippen molar-refractivity contribution in [2.24, 2.45) is 5.16 Å². The van der Waals surface area contributed by atoms with Crippen LogP contribution in [0.3, 0.4) is 0 Å². The fraction of sp³-hybridized carbons (Fsp3) is 0.400. The lowest BCUT2D eigenvalue weighted by molar-refractivity contribution is 0.0478. The molecule has 4 nitrogen and oxygen atoms in total. The molecule has 2 aromatic rings. The van der Waals surface area contributed by atoms with Crippen molar-refractivity contribution < 1.29 is 9.63 Å². The van der Waals surface area contributed by atoms with Crippen LogP contribution in [0.25, 0.3) is 0 Å². The van der Waals surface area contributed by atoms with E-state index in [4.69, 9.17) is 16.4 Å². The predicted octanol–water partition coefficient (Wildman–Crippen LogP) is 5.13. The third-order valence-corrected chi connectivity index (χ3v) is 6.32. The Balaban J connectivity index is 1.40. The van der Waals surface area contributed by atoms with E-state index in [1.54, 1.807) is 24.3 Å². The van der Waals surface area contributed by atoms with Crippen LogP contribution in [-0.2, 0) is 11.4 Å². The van der Waals surface area contributed by atoms with Gasteiger partial charge in [-0.05, 0) is 48.6 Å². The Morgan fingerprint density at radius 2 is 1.92 bits per heavy atom. The highest BCUT2D eigenvalue weighted by molar-refractivity contribution is 7.09. The van der Waals surface area contributed by atoms with Crippen LogP contribution < -0.4 is 0 Å². The van der Waals surface area contributed by atoms with E-state index in [9.17, 15) is 4.79 Å². The summed E-state index contributed by atoms with van der Waals surface area (Å²) in [5, 5.41) is 6.94. The van der Waals surface area contributed by atoms with E-state index in [0.717, 1.165) is 25.1 Å². The van der Waals surface area contributed by atoms with Gasteiger partial charge in [0.05, 0.1) is 11.3 Å². The Hall–Kier alpha value is -1.69. The molecule has 2 atom stereocenters. The van der Waals surface area contributed by atoms with Crippen molar-refractivity contribution in [1.29, 1.82) is 0 Å². The van der Waals surface area contributed by atoms with Gasteiger partial charge in [0, 0.05) is 41.4 Å². The minimum absolute atomic E-state index is 0.430. The van der Waals surface area contributed by atoms with Crippen LogP contribution in [0.2, 0.25) is 5.02 Å². The molecule has 2 saturated heterocycles. The summed E-state index contributed by atoms with van der Waals surface area (Å²) in [4.78, 5) is 21.4. The lowest BCUT2D eigenvalue weighted by atomic mass is 9.83. The van der Waals surface area contributed by atoms with Crippen LogP contribution in [0.4, 0.5) is 0 Å². The molecule has 2 aliphatic heterocycles. The van der Waals surface area contributed by atoms with Crippen LogP contribution >= 0.6 is 22.9 Å². The third-order valence-electron chi connectivity index (χ3n) is 5.21. The highest BCUT2D eigenvalue weighted by Gasteiger charge is 2.37. The van der Waals surface area contributed by atoms with Crippen molar-refractivity contribution in [2.75, 3.05) is 0 Å². The molecule has 6 heteroatoms. The molecule has 136 valence electrons. The fourth-order valence-electron chi connectivity index (χ4n) is 3.94. The molecule has 2 fully saturated rings. The van der Waals surface area contributed by atoms with Crippen molar-refractivity contribution in [1.82, 2.24) is 4.90 Å². The molecule has 1 aromatic heterocycles. The summed E-state index contributed by atoms with van der Waals surface area (Å²) in [6, 6.07) is 12.0. The average molecular weight is 389 g/mol. The lowest BCUT2D eigenvalue weighted by Gasteiger charge is -2.46. The Bertz CT molecular complexity index is 773. The summed E-state index contributed by atoms with van der Waals surface area (Å²) in [5.74, 6) is -0.430. The number of piperidine rings is 2. The molecule has 0 N–H and O–H groups in total. The van der Waals surface area contributed by atoms with Gasteiger partial charge in [0.15, 0.2) is 0 Å². The maximum absolute atomic E-state index is 12.1. The van der Waals surface area contributed by atoms with Gasteiger partial charge in [0.25, 0.3) is 0 Å². The number of carbonyl (C=O) groups is 1. The van der Waals surface area contributed by atoms with E-state index in [2.05, 4.69) is 27.6 Å². The predicted molar refractivity (Wildman–Crippen MR) is 105 cm³/mol. The first-order chi connectivity index (χ1) is 12.7. The molecule has 4 rings (SSSR count). The summed E-state index contributed by atoms with van der Waals surface area (Å²) in [7, 11) is 0. The van der Waals surface area contributed by atoms with Gasteiger partial charge in [-0.15, -0.1) is 11.3 Å². The maximum Gasteiger partial charge on any atom is 0.365 e. The number of hydrogen-bond acceptors (Lipinski definition) is 5. The molecule has 0 amide bonds. The highest BCUT2D eigenvalue weighted by Crippen LogP contribution is 2.34. The zero-order chi connectivity index (χ0) is 17.9. The number of oxime groups is 1. The number of benzene rings is 1. The average Bonchev–Trinajstić information content (AvgIpc) is 3.13. The van der Waals surface area contributed by atoms with E-state index in [1.165, 1.54) is 24.1 Å². The topological polar surface area (TPSA) is 41.9 Å². The van der Waals surface area contributed by atoms with Crippen LogP contribution in [-0.4, -0.2) is 28.7 Å². The molecule has 26 heavy (non-hydrogen) atoms. The minimum atomic E-state index is -0.430. The minimum Gasteiger partial charge on any atom is -0.313 e. The van der Waals surface area contributed by atoms with E-state index < -0.39 is 5.97 Å². The third kappa shape index (κ3) is 4.00. The van der Waals surface area contributed by atoms with Gasteiger partial charge in [-0.2, -0.15) is 0 Å². The second kappa shape index (κ2) is 7.91. The molecule has 0 aliphatic carbocycles. The summed E-state index contributed by atoms with van der Waals surface area (Å²) in [5.41, 5.74) is 1.47. The molecule has 2 aliphatic rings. The van der Waals surface area contributed by atoms with Crippen molar-refractivity contribution >= 4 is 34.6 Å². The molecular formula is C20H21ClN2O2S. The van der Waals surface area contributed by atoms with Crippen molar-refractivity contribution in [2.45, 2.75) is 50.7 Å². The van der Waals surface area contributed by atoms with E-state index in [1.807, 2.05) is 11.3 Å². The first-order valence-corrected chi connectivity index (χ1v) is 10.3. The Labute approximate surface area is 162 Å². The molecule has 2 bridgehead atoms. The molecule has 0 spiro atoms. The van der Waals surface area contributed by atoms with Gasteiger partial charge in [0.2, 0.25) is 0 Å². The Morgan fingerprint density at radius 1 is 1.19 bits per heavy atom. The maximum atomic E-state index is 12.1. The van der Waals surface area contributed by atoms with Crippen LogP contribution in [0, 0.1) is 0 Å². The molecule has 0 unspecified atom stereocenters. The van der Waals surface area contributed by atoms with Crippen LogP contribution in [0.5, 0.6) is 0 Å². The molecular weight excluding hydrogens is 368 g/mol. The number of thiophene rings is 1. The van der Waals surface area contributed by atoms with Crippen molar-refractivity contribution in [3.05, 3.63) is 57.2 Å². The Morgan fingerprint density at radius 3 is 2.58 bits per heavy atom. The number of hydrogen-bond donors (Lipinski definition) is 0. The molecule has 0 saturated carbocycles. The smallest absolute Gasteiger partial charge is 0.313 e. The largest absolute Gasteiger partial charge is 0.365 e. The first-order valence-electron chi connectivity index (χ1n) is 9.00. The number of rotatable bonds is 4. The van der Waals surface area contributed by atoms with E-state index in [0.29, 0.717) is 22.7 Å². The Kier molecular flexibility index (Phi) is 5.38. The van der Waals surface area contributed by atoms with E-state index in [-0.39, 0.29) is 0 Å². The normalized spacial score (nSPS) is 24.6. The first kappa shape index (κ1) is 17.7. The number of halogens is 1. The van der Waals surface area contributed by atoms with Crippen molar-refractivity contribution in [3.63, 3.8) is 0 Å². The molecule has 3 heterocycles. The van der Waals surface area contributed by atoms with Gasteiger partial charge in [-0.25, -0.2) is 4.79 Å². The zero-order valence-electron chi connectivity index (χ0n) is 14.4. The van der Waals surface area contributed by atoms with E-state index >= 15 is 0 Å². The summed E-state index contributed by atoms with van der Waals surface area (Å²) in [6.07, 6.45) is 5.41. The monoisotopic (exact) mass is 388 g/mol.